The highest BCUT2D eigenvalue weighted by Gasteiger charge is 2.32. The summed E-state index contributed by atoms with van der Waals surface area (Å²) in [6, 6.07) is 7.87. The van der Waals surface area contributed by atoms with Gasteiger partial charge in [-0.05, 0) is 18.1 Å². The number of carboxylic acids is 1. The molecule has 0 amide bonds. The quantitative estimate of drug-likeness (QED) is 0.795. The van der Waals surface area contributed by atoms with Crippen LogP contribution in [0.2, 0.25) is 0 Å². The van der Waals surface area contributed by atoms with Crippen molar-refractivity contribution in [2.24, 2.45) is 0 Å². The molecule has 2 rings (SSSR count). The third-order valence-electron chi connectivity index (χ3n) is 3.39. The van der Waals surface area contributed by atoms with Gasteiger partial charge in [0.25, 0.3) is 0 Å². The molecule has 3 heteroatoms. The van der Waals surface area contributed by atoms with Crippen molar-refractivity contribution in [1.29, 1.82) is 0 Å². The number of fused-ring (bicyclic) bond motifs is 1. The van der Waals surface area contributed by atoms with Crippen molar-refractivity contribution in [3.8, 4) is 0 Å². The van der Waals surface area contributed by atoms with E-state index in [9.17, 15) is 9.90 Å². The molecule has 1 N–H and O–H groups in total. The van der Waals surface area contributed by atoms with E-state index in [0.717, 1.165) is 24.2 Å². The maximum absolute atomic E-state index is 11.2. The molecule has 0 radical (unpaired) electrons. The predicted molar refractivity (Wildman–Crippen MR) is 68.6 cm³/mol. The van der Waals surface area contributed by atoms with Gasteiger partial charge in [-0.15, -0.1) is 0 Å². The van der Waals surface area contributed by atoms with Gasteiger partial charge in [0.2, 0.25) is 0 Å². The monoisotopic (exact) mass is 233 g/mol. The number of hydrogen-bond acceptors (Lipinski definition) is 2. The van der Waals surface area contributed by atoms with Gasteiger partial charge in [-0.1, -0.05) is 38.0 Å². The summed E-state index contributed by atoms with van der Waals surface area (Å²) < 4.78 is 0. The number of benzene rings is 1. The van der Waals surface area contributed by atoms with Gasteiger partial charge >= 0.3 is 5.97 Å². The first kappa shape index (κ1) is 12.0. The Hall–Kier alpha value is -1.51. The second kappa shape index (κ2) is 5.21. The molecule has 92 valence electrons. The highest BCUT2D eigenvalue weighted by atomic mass is 16.4. The Morgan fingerprint density at radius 1 is 1.41 bits per heavy atom. The van der Waals surface area contributed by atoms with Crippen molar-refractivity contribution in [1.82, 2.24) is 0 Å². The predicted octanol–water partition coefficient (Wildman–Crippen LogP) is 2.87. The molecular formula is C14H19NO2. The van der Waals surface area contributed by atoms with Crippen molar-refractivity contribution in [3.63, 3.8) is 0 Å². The topological polar surface area (TPSA) is 40.5 Å². The van der Waals surface area contributed by atoms with E-state index in [0.29, 0.717) is 6.54 Å². The molecule has 0 bridgehead atoms. The van der Waals surface area contributed by atoms with Crippen molar-refractivity contribution in [3.05, 3.63) is 29.8 Å². The van der Waals surface area contributed by atoms with Gasteiger partial charge in [0.05, 0.1) is 0 Å². The molecule has 0 saturated carbocycles. The minimum Gasteiger partial charge on any atom is -0.481 e. The van der Waals surface area contributed by atoms with E-state index in [4.69, 9.17) is 0 Å². The number of aliphatic carboxylic acids is 1. The second-order valence-corrected chi connectivity index (χ2v) is 4.60. The fourth-order valence-electron chi connectivity index (χ4n) is 2.46. The summed E-state index contributed by atoms with van der Waals surface area (Å²) in [6.07, 6.45) is 3.53. The summed E-state index contributed by atoms with van der Waals surface area (Å²) in [6.45, 7) is 3.77. The molecule has 1 aromatic carbocycles. The van der Waals surface area contributed by atoms with Gasteiger partial charge in [-0.3, -0.25) is 4.79 Å². The number of carboxylic acid groups (broad SMARTS) is 1. The van der Waals surface area contributed by atoms with E-state index in [-0.39, 0.29) is 5.92 Å². The van der Waals surface area contributed by atoms with Crippen LogP contribution in [-0.2, 0) is 4.79 Å². The Morgan fingerprint density at radius 3 is 2.88 bits per heavy atom. The Bertz CT molecular complexity index is 403. The fraction of sp³-hybridized carbons (Fsp3) is 0.500. The van der Waals surface area contributed by atoms with Crippen LogP contribution in [0, 0.1) is 0 Å². The largest absolute Gasteiger partial charge is 0.481 e. The first-order valence-electron chi connectivity index (χ1n) is 6.30. The van der Waals surface area contributed by atoms with Crippen molar-refractivity contribution in [2.75, 3.05) is 18.0 Å². The molecule has 1 unspecified atom stereocenters. The molecule has 1 heterocycles. The van der Waals surface area contributed by atoms with Gasteiger partial charge in [0, 0.05) is 18.8 Å². The lowest BCUT2D eigenvalue weighted by Crippen LogP contribution is -2.25. The Balaban J connectivity index is 2.14. The van der Waals surface area contributed by atoms with Crippen LogP contribution in [-0.4, -0.2) is 24.2 Å². The van der Waals surface area contributed by atoms with Crippen LogP contribution in [0.5, 0.6) is 0 Å². The van der Waals surface area contributed by atoms with Crippen LogP contribution in [0.1, 0.15) is 37.7 Å². The average molecular weight is 233 g/mol. The Labute approximate surface area is 102 Å². The number of para-hydroxylation sites is 1. The highest BCUT2D eigenvalue weighted by molar-refractivity contribution is 5.82. The van der Waals surface area contributed by atoms with Gasteiger partial charge in [0.15, 0.2) is 0 Å². The summed E-state index contributed by atoms with van der Waals surface area (Å²) in [5.74, 6) is -1.07. The number of hydrogen-bond donors (Lipinski definition) is 1. The lowest BCUT2D eigenvalue weighted by molar-refractivity contribution is -0.138. The molecule has 1 aliphatic rings. The fourth-order valence-corrected chi connectivity index (χ4v) is 2.46. The van der Waals surface area contributed by atoms with Crippen LogP contribution >= 0.6 is 0 Å². The van der Waals surface area contributed by atoms with Crippen molar-refractivity contribution < 1.29 is 9.90 Å². The molecule has 0 fully saturated rings. The number of carbonyl (C=O) groups is 1. The molecule has 1 aliphatic heterocycles. The summed E-state index contributed by atoms with van der Waals surface area (Å²) in [5, 5.41) is 9.22. The summed E-state index contributed by atoms with van der Waals surface area (Å²) in [4.78, 5) is 13.4. The minimum atomic E-state index is -0.713. The number of nitrogens with zero attached hydrogens (tertiary/aromatic N) is 1. The Kier molecular flexibility index (Phi) is 3.67. The van der Waals surface area contributed by atoms with E-state index in [1.807, 2.05) is 24.3 Å². The zero-order valence-electron chi connectivity index (χ0n) is 10.2. The summed E-state index contributed by atoms with van der Waals surface area (Å²) in [7, 11) is 0. The van der Waals surface area contributed by atoms with Crippen LogP contribution in [0.3, 0.4) is 0 Å². The maximum atomic E-state index is 11.2. The number of anilines is 1. The Morgan fingerprint density at radius 2 is 2.18 bits per heavy atom. The zero-order chi connectivity index (χ0) is 12.3. The minimum absolute atomic E-state index is 0.354. The molecule has 1 atom stereocenters. The first-order chi connectivity index (χ1) is 8.24. The third-order valence-corrected chi connectivity index (χ3v) is 3.39. The van der Waals surface area contributed by atoms with Crippen LogP contribution in [0.25, 0.3) is 0 Å². The van der Waals surface area contributed by atoms with Gasteiger partial charge in [-0.2, -0.15) is 0 Å². The molecule has 1 aromatic rings. The maximum Gasteiger partial charge on any atom is 0.312 e. The summed E-state index contributed by atoms with van der Waals surface area (Å²) in [5.41, 5.74) is 2.08. The van der Waals surface area contributed by atoms with E-state index in [1.165, 1.54) is 12.8 Å². The van der Waals surface area contributed by atoms with Crippen LogP contribution in [0.15, 0.2) is 24.3 Å². The first-order valence-corrected chi connectivity index (χ1v) is 6.30. The van der Waals surface area contributed by atoms with E-state index in [1.54, 1.807) is 0 Å². The number of unbranched alkanes of at least 4 members (excludes halogenated alkanes) is 2. The van der Waals surface area contributed by atoms with Crippen molar-refractivity contribution >= 4 is 11.7 Å². The molecule has 0 aliphatic carbocycles. The molecule has 3 nitrogen and oxygen atoms in total. The van der Waals surface area contributed by atoms with Gasteiger partial charge < -0.3 is 10.0 Å². The molecule has 0 spiro atoms. The smallest absolute Gasteiger partial charge is 0.312 e. The third kappa shape index (κ3) is 2.43. The van der Waals surface area contributed by atoms with E-state index in [2.05, 4.69) is 11.8 Å². The molecule has 0 aromatic heterocycles. The summed E-state index contributed by atoms with van der Waals surface area (Å²) >= 11 is 0. The van der Waals surface area contributed by atoms with Crippen molar-refractivity contribution in [2.45, 2.75) is 32.1 Å². The lowest BCUT2D eigenvalue weighted by atomic mass is 10.0. The number of rotatable bonds is 5. The lowest BCUT2D eigenvalue weighted by Gasteiger charge is -2.19. The van der Waals surface area contributed by atoms with Crippen LogP contribution in [0.4, 0.5) is 5.69 Å². The van der Waals surface area contributed by atoms with E-state index < -0.39 is 5.97 Å². The zero-order valence-corrected chi connectivity index (χ0v) is 10.2. The van der Waals surface area contributed by atoms with Crippen LogP contribution < -0.4 is 4.90 Å². The SMILES string of the molecule is CCCCCN1CC(C(=O)O)c2ccccc21. The molecule has 0 saturated heterocycles. The normalized spacial score (nSPS) is 18.2. The second-order valence-electron chi connectivity index (χ2n) is 4.60. The molecule has 17 heavy (non-hydrogen) atoms. The van der Waals surface area contributed by atoms with Gasteiger partial charge in [0.1, 0.15) is 5.92 Å². The van der Waals surface area contributed by atoms with E-state index >= 15 is 0 Å². The van der Waals surface area contributed by atoms with Gasteiger partial charge in [-0.25, -0.2) is 0 Å². The highest BCUT2D eigenvalue weighted by Crippen LogP contribution is 2.36. The molecular weight excluding hydrogens is 214 g/mol. The average Bonchev–Trinajstić information content (AvgIpc) is 2.69. The standard InChI is InChI=1S/C14H19NO2/c1-2-3-6-9-15-10-12(14(16)17)11-7-4-5-8-13(11)15/h4-5,7-8,12H,2-3,6,9-10H2,1H3,(H,16,17).